The molecular weight excluding hydrogens is 220 g/mol. The molecule has 5 heteroatoms. The van der Waals surface area contributed by atoms with Gasteiger partial charge in [0.25, 0.3) is 0 Å². The van der Waals surface area contributed by atoms with Crippen molar-refractivity contribution >= 4 is 6.03 Å². The minimum Gasteiger partial charge on any atom is -0.486 e. The Bertz CT molecular complexity index is 447. The summed E-state index contributed by atoms with van der Waals surface area (Å²) in [6.07, 6.45) is 0. The lowest BCUT2D eigenvalue weighted by Crippen LogP contribution is -2.27. The molecule has 0 aliphatic carbocycles. The van der Waals surface area contributed by atoms with E-state index in [9.17, 15) is 4.79 Å². The van der Waals surface area contributed by atoms with Crippen LogP contribution in [0.25, 0.3) is 0 Å². The molecule has 1 aromatic carbocycles. The molecule has 1 N–H and O–H groups in total. The van der Waals surface area contributed by atoms with Crippen molar-refractivity contribution in [1.29, 1.82) is 0 Å². The first-order valence-corrected chi connectivity index (χ1v) is 5.74. The van der Waals surface area contributed by atoms with Gasteiger partial charge in [-0.3, -0.25) is 0 Å². The zero-order valence-corrected chi connectivity index (χ0v) is 9.44. The van der Waals surface area contributed by atoms with E-state index >= 15 is 0 Å². The standard InChI is InChI=1S/C12H14N2O3/c15-12-13-3-4-14(12)8-9-1-2-10-11(7-9)17-6-5-16-10/h1-2,7H,3-6,8H2,(H,13,15). The normalized spacial score (nSPS) is 18.1. The van der Waals surface area contributed by atoms with E-state index in [-0.39, 0.29) is 6.03 Å². The molecule has 0 saturated carbocycles. The Balaban J connectivity index is 1.77. The number of urea groups is 1. The van der Waals surface area contributed by atoms with Gasteiger partial charge in [0.2, 0.25) is 0 Å². The zero-order valence-electron chi connectivity index (χ0n) is 9.44. The molecule has 1 saturated heterocycles. The van der Waals surface area contributed by atoms with E-state index in [1.54, 1.807) is 4.90 Å². The van der Waals surface area contributed by atoms with Crippen LogP contribution in [0.15, 0.2) is 18.2 Å². The monoisotopic (exact) mass is 234 g/mol. The van der Waals surface area contributed by atoms with Crippen molar-refractivity contribution in [1.82, 2.24) is 10.2 Å². The second-order valence-electron chi connectivity index (χ2n) is 4.13. The van der Waals surface area contributed by atoms with Gasteiger partial charge in [0.15, 0.2) is 11.5 Å². The molecule has 2 aliphatic rings. The van der Waals surface area contributed by atoms with Gasteiger partial charge in [-0.2, -0.15) is 0 Å². The molecule has 17 heavy (non-hydrogen) atoms. The van der Waals surface area contributed by atoms with Crippen LogP contribution in [0.3, 0.4) is 0 Å². The largest absolute Gasteiger partial charge is 0.486 e. The molecule has 5 nitrogen and oxygen atoms in total. The molecule has 2 aliphatic heterocycles. The van der Waals surface area contributed by atoms with Crippen molar-refractivity contribution in [3.63, 3.8) is 0 Å². The van der Waals surface area contributed by atoms with Gasteiger partial charge in [-0.1, -0.05) is 6.07 Å². The van der Waals surface area contributed by atoms with Crippen molar-refractivity contribution < 1.29 is 14.3 Å². The summed E-state index contributed by atoms with van der Waals surface area (Å²) in [5.74, 6) is 1.55. The minimum atomic E-state index is -0.000103. The van der Waals surface area contributed by atoms with E-state index < -0.39 is 0 Å². The molecule has 0 radical (unpaired) electrons. The summed E-state index contributed by atoms with van der Waals surface area (Å²) >= 11 is 0. The van der Waals surface area contributed by atoms with Crippen LogP contribution in [0, 0.1) is 0 Å². The molecular formula is C12H14N2O3. The van der Waals surface area contributed by atoms with Gasteiger partial charge in [-0.25, -0.2) is 4.79 Å². The third-order valence-electron chi connectivity index (χ3n) is 2.93. The number of nitrogens with zero attached hydrogens (tertiary/aromatic N) is 1. The summed E-state index contributed by atoms with van der Waals surface area (Å²) < 4.78 is 11.0. The van der Waals surface area contributed by atoms with Gasteiger partial charge in [-0.05, 0) is 17.7 Å². The average molecular weight is 234 g/mol. The number of benzene rings is 1. The predicted molar refractivity (Wildman–Crippen MR) is 61.2 cm³/mol. The number of amides is 2. The SMILES string of the molecule is O=C1NCCN1Cc1ccc2c(c1)OCCO2. The second kappa shape index (κ2) is 4.16. The number of carbonyl (C=O) groups is 1. The van der Waals surface area contributed by atoms with Gasteiger partial charge < -0.3 is 19.7 Å². The Kier molecular flexibility index (Phi) is 2.51. The Hall–Kier alpha value is -1.91. The molecule has 0 spiro atoms. The van der Waals surface area contributed by atoms with E-state index in [0.717, 1.165) is 30.2 Å². The fourth-order valence-electron chi connectivity index (χ4n) is 2.07. The quantitative estimate of drug-likeness (QED) is 0.830. The minimum absolute atomic E-state index is 0.000103. The molecule has 1 fully saturated rings. The number of hydrogen-bond donors (Lipinski definition) is 1. The molecule has 0 aromatic heterocycles. The van der Waals surface area contributed by atoms with Crippen molar-refractivity contribution in [3.05, 3.63) is 23.8 Å². The topological polar surface area (TPSA) is 50.8 Å². The number of ether oxygens (including phenoxy) is 2. The van der Waals surface area contributed by atoms with Gasteiger partial charge >= 0.3 is 6.03 Å². The number of hydrogen-bond acceptors (Lipinski definition) is 3. The van der Waals surface area contributed by atoms with Crippen LogP contribution in [0.4, 0.5) is 4.79 Å². The third kappa shape index (κ3) is 2.00. The molecule has 0 bridgehead atoms. The summed E-state index contributed by atoms with van der Waals surface area (Å²) in [7, 11) is 0. The summed E-state index contributed by atoms with van der Waals surface area (Å²) in [6, 6.07) is 5.82. The summed E-state index contributed by atoms with van der Waals surface area (Å²) in [5.41, 5.74) is 1.06. The highest BCUT2D eigenvalue weighted by Gasteiger charge is 2.20. The van der Waals surface area contributed by atoms with Crippen molar-refractivity contribution in [3.8, 4) is 11.5 Å². The van der Waals surface area contributed by atoms with Crippen LogP contribution in [0.5, 0.6) is 11.5 Å². The first-order valence-electron chi connectivity index (χ1n) is 5.74. The maximum atomic E-state index is 11.4. The van der Waals surface area contributed by atoms with Crippen molar-refractivity contribution in [2.45, 2.75) is 6.54 Å². The lowest BCUT2D eigenvalue weighted by molar-refractivity contribution is 0.171. The molecule has 2 heterocycles. The number of rotatable bonds is 2. The fourth-order valence-corrected chi connectivity index (χ4v) is 2.07. The van der Waals surface area contributed by atoms with E-state index in [1.807, 2.05) is 18.2 Å². The van der Waals surface area contributed by atoms with E-state index in [2.05, 4.69) is 5.32 Å². The molecule has 1 aromatic rings. The molecule has 90 valence electrons. The maximum absolute atomic E-state index is 11.4. The molecule has 3 rings (SSSR count). The number of carbonyl (C=O) groups excluding carboxylic acids is 1. The fraction of sp³-hybridized carbons (Fsp3) is 0.417. The number of nitrogens with one attached hydrogen (secondary N) is 1. The molecule has 2 amide bonds. The van der Waals surface area contributed by atoms with Crippen LogP contribution in [-0.4, -0.2) is 37.2 Å². The summed E-state index contributed by atoms with van der Waals surface area (Å²) in [5, 5.41) is 2.78. The van der Waals surface area contributed by atoms with E-state index in [4.69, 9.17) is 9.47 Å². The van der Waals surface area contributed by atoms with Crippen LogP contribution in [0.1, 0.15) is 5.56 Å². The highest BCUT2D eigenvalue weighted by atomic mass is 16.6. The molecule has 0 atom stereocenters. The Labute approximate surface area is 99.3 Å². The second-order valence-corrected chi connectivity index (χ2v) is 4.13. The Morgan fingerprint density at radius 3 is 2.82 bits per heavy atom. The maximum Gasteiger partial charge on any atom is 0.317 e. The van der Waals surface area contributed by atoms with Gasteiger partial charge in [0, 0.05) is 19.6 Å². The lowest BCUT2D eigenvalue weighted by atomic mass is 10.2. The first-order chi connectivity index (χ1) is 8.33. The summed E-state index contributed by atoms with van der Waals surface area (Å²) in [4.78, 5) is 13.2. The third-order valence-corrected chi connectivity index (χ3v) is 2.93. The van der Waals surface area contributed by atoms with Crippen LogP contribution in [0.2, 0.25) is 0 Å². The van der Waals surface area contributed by atoms with Gasteiger partial charge in [0.1, 0.15) is 13.2 Å². The van der Waals surface area contributed by atoms with Crippen molar-refractivity contribution in [2.24, 2.45) is 0 Å². The summed E-state index contributed by atoms with van der Waals surface area (Å²) in [6.45, 7) is 3.28. The first kappa shape index (κ1) is 10.3. The predicted octanol–water partition coefficient (Wildman–Crippen LogP) is 0.983. The van der Waals surface area contributed by atoms with Gasteiger partial charge in [-0.15, -0.1) is 0 Å². The van der Waals surface area contributed by atoms with E-state index in [1.165, 1.54) is 0 Å². The van der Waals surface area contributed by atoms with Crippen LogP contribution >= 0.6 is 0 Å². The van der Waals surface area contributed by atoms with Crippen LogP contribution in [-0.2, 0) is 6.54 Å². The average Bonchev–Trinajstić information content (AvgIpc) is 2.75. The highest BCUT2D eigenvalue weighted by molar-refractivity contribution is 5.76. The Morgan fingerprint density at radius 2 is 2.06 bits per heavy atom. The van der Waals surface area contributed by atoms with Gasteiger partial charge in [0.05, 0.1) is 0 Å². The Morgan fingerprint density at radius 1 is 1.24 bits per heavy atom. The molecule has 0 unspecified atom stereocenters. The highest BCUT2D eigenvalue weighted by Crippen LogP contribution is 2.31. The van der Waals surface area contributed by atoms with E-state index in [0.29, 0.717) is 19.8 Å². The van der Waals surface area contributed by atoms with Crippen molar-refractivity contribution in [2.75, 3.05) is 26.3 Å². The number of fused-ring (bicyclic) bond motifs is 1. The zero-order chi connectivity index (χ0) is 11.7. The lowest BCUT2D eigenvalue weighted by Gasteiger charge is -2.20. The smallest absolute Gasteiger partial charge is 0.317 e. The van der Waals surface area contributed by atoms with Crippen LogP contribution < -0.4 is 14.8 Å².